The van der Waals surface area contributed by atoms with Crippen molar-refractivity contribution in [1.29, 1.82) is 0 Å². The van der Waals surface area contributed by atoms with Gasteiger partial charge in [0.15, 0.2) is 0 Å². The average molecular weight is 326 g/mol. The van der Waals surface area contributed by atoms with Crippen molar-refractivity contribution in [1.82, 2.24) is 9.47 Å². The number of ether oxygens (including phenoxy) is 1. The summed E-state index contributed by atoms with van der Waals surface area (Å²) in [4.78, 5) is 2.18. The summed E-state index contributed by atoms with van der Waals surface area (Å²) in [5.74, 6) is 0.671. The Morgan fingerprint density at radius 1 is 1.00 bits per heavy atom. The minimum atomic E-state index is -0.222. The van der Waals surface area contributed by atoms with Crippen LogP contribution in [0.25, 0.3) is 16.6 Å². The van der Waals surface area contributed by atoms with Gasteiger partial charge in [-0.2, -0.15) is 0 Å². The normalized spacial score (nSPS) is 11.3. The molecule has 0 amide bonds. The first-order chi connectivity index (χ1) is 11.6. The molecule has 0 bridgehead atoms. The molecule has 0 fully saturated rings. The van der Waals surface area contributed by atoms with E-state index in [0.717, 1.165) is 48.3 Å². The van der Waals surface area contributed by atoms with Crippen LogP contribution in [0.15, 0.2) is 54.7 Å². The van der Waals surface area contributed by atoms with E-state index in [4.69, 9.17) is 4.74 Å². The molecule has 1 aromatic heterocycles. The topological polar surface area (TPSA) is 17.4 Å². The molecule has 2 aromatic carbocycles. The molecule has 0 spiro atoms. The van der Waals surface area contributed by atoms with Gasteiger partial charge in [0.05, 0.1) is 12.1 Å². The van der Waals surface area contributed by atoms with Gasteiger partial charge >= 0.3 is 0 Å². The Hall–Kier alpha value is -2.33. The lowest BCUT2D eigenvalue weighted by Crippen LogP contribution is -2.13. The van der Waals surface area contributed by atoms with Crippen molar-refractivity contribution < 1.29 is 9.13 Å². The Morgan fingerprint density at radius 2 is 1.79 bits per heavy atom. The van der Waals surface area contributed by atoms with Crippen LogP contribution in [-0.2, 0) is 0 Å². The van der Waals surface area contributed by atoms with E-state index in [1.54, 1.807) is 12.1 Å². The standard InChI is InChI=1S/C20H23FN2O/c1-22(2)12-3-4-14-24-19-9-10-20-16(15-19)11-13-23(20)18-7-5-17(21)6-8-18/h5-11,13,15H,3-4,12,14H2,1-2H3. The quantitative estimate of drug-likeness (QED) is 0.595. The van der Waals surface area contributed by atoms with Gasteiger partial charge in [-0.3, -0.25) is 0 Å². The van der Waals surface area contributed by atoms with E-state index in [9.17, 15) is 4.39 Å². The van der Waals surface area contributed by atoms with Gasteiger partial charge in [0, 0.05) is 17.3 Å². The van der Waals surface area contributed by atoms with Crippen LogP contribution in [0.3, 0.4) is 0 Å². The summed E-state index contributed by atoms with van der Waals surface area (Å²) in [6.07, 6.45) is 4.18. The molecule has 0 atom stereocenters. The second-order valence-corrected chi connectivity index (χ2v) is 6.24. The number of halogens is 1. The summed E-state index contributed by atoms with van der Waals surface area (Å²) < 4.78 is 21.0. The highest BCUT2D eigenvalue weighted by atomic mass is 19.1. The maximum atomic E-state index is 13.1. The highest BCUT2D eigenvalue weighted by Crippen LogP contribution is 2.25. The summed E-state index contributed by atoms with van der Waals surface area (Å²) >= 11 is 0. The van der Waals surface area contributed by atoms with Crippen molar-refractivity contribution in [2.24, 2.45) is 0 Å². The van der Waals surface area contributed by atoms with Crippen LogP contribution in [0.1, 0.15) is 12.8 Å². The third-order valence-corrected chi connectivity index (χ3v) is 4.03. The molecule has 3 nitrogen and oxygen atoms in total. The van der Waals surface area contributed by atoms with Crippen molar-refractivity contribution in [3.8, 4) is 11.4 Å². The number of aromatic nitrogens is 1. The van der Waals surface area contributed by atoms with E-state index in [0.29, 0.717) is 0 Å². The second kappa shape index (κ2) is 7.49. The second-order valence-electron chi connectivity index (χ2n) is 6.24. The van der Waals surface area contributed by atoms with E-state index in [1.165, 1.54) is 12.1 Å². The predicted octanol–water partition coefficient (Wildman–Crippen LogP) is 4.49. The molecule has 3 rings (SSSR count). The molecule has 3 aromatic rings. The maximum absolute atomic E-state index is 13.1. The van der Waals surface area contributed by atoms with E-state index in [1.807, 2.05) is 18.3 Å². The van der Waals surface area contributed by atoms with E-state index >= 15 is 0 Å². The summed E-state index contributed by atoms with van der Waals surface area (Å²) in [6.45, 7) is 1.82. The van der Waals surface area contributed by atoms with Crippen molar-refractivity contribution in [3.05, 3.63) is 60.5 Å². The number of fused-ring (bicyclic) bond motifs is 1. The Morgan fingerprint density at radius 3 is 2.54 bits per heavy atom. The number of unbranched alkanes of at least 4 members (excludes halogenated alkanes) is 1. The zero-order chi connectivity index (χ0) is 16.9. The van der Waals surface area contributed by atoms with Gasteiger partial charge in [-0.25, -0.2) is 4.39 Å². The number of hydrogen-bond donors (Lipinski definition) is 0. The maximum Gasteiger partial charge on any atom is 0.123 e. The molecule has 0 aliphatic carbocycles. The summed E-state index contributed by atoms with van der Waals surface area (Å²) in [7, 11) is 4.17. The fourth-order valence-corrected chi connectivity index (χ4v) is 2.76. The first-order valence-corrected chi connectivity index (χ1v) is 8.28. The van der Waals surface area contributed by atoms with Gasteiger partial charge in [0.2, 0.25) is 0 Å². The van der Waals surface area contributed by atoms with Crippen LogP contribution < -0.4 is 4.74 Å². The molecule has 0 aliphatic heterocycles. The molecule has 0 radical (unpaired) electrons. The molecule has 0 N–H and O–H groups in total. The lowest BCUT2D eigenvalue weighted by Gasteiger charge is -2.10. The summed E-state index contributed by atoms with van der Waals surface area (Å²) in [5.41, 5.74) is 2.03. The average Bonchev–Trinajstić information content (AvgIpc) is 2.98. The van der Waals surface area contributed by atoms with Crippen LogP contribution >= 0.6 is 0 Å². The zero-order valence-electron chi connectivity index (χ0n) is 14.2. The molecule has 1 heterocycles. The minimum Gasteiger partial charge on any atom is -0.494 e. The van der Waals surface area contributed by atoms with Crippen molar-refractivity contribution in [2.75, 3.05) is 27.2 Å². The lowest BCUT2D eigenvalue weighted by molar-refractivity contribution is 0.293. The molecular weight excluding hydrogens is 303 g/mol. The van der Waals surface area contributed by atoms with E-state index in [2.05, 4.69) is 35.7 Å². The van der Waals surface area contributed by atoms with Gasteiger partial charge < -0.3 is 14.2 Å². The monoisotopic (exact) mass is 326 g/mol. The highest BCUT2D eigenvalue weighted by Gasteiger charge is 2.05. The Balaban J connectivity index is 1.68. The van der Waals surface area contributed by atoms with Gasteiger partial charge in [-0.05, 0) is 82.0 Å². The Bertz CT molecular complexity index is 793. The van der Waals surface area contributed by atoms with Crippen LogP contribution in [0.4, 0.5) is 4.39 Å². The molecule has 24 heavy (non-hydrogen) atoms. The lowest BCUT2D eigenvalue weighted by atomic mass is 10.2. The number of benzene rings is 2. The van der Waals surface area contributed by atoms with Gasteiger partial charge in [0.25, 0.3) is 0 Å². The molecule has 0 aliphatic rings. The predicted molar refractivity (Wildman–Crippen MR) is 96.5 cm³/mol. The SMILES string of the molecule is CN(C)CCCCOc1ccc2c(ccn2-c2ccc(F)cc2)c1. The Labute approximate surface area is 142 Å². The fraction of sp³-hybridized carbons (Fsp3) is 0.300. The molecule has 4 heteroatoms. The van der Waals surface area contributed by atoms with Gasteiger partial charge in [0.1, 0.15) is 11.6 Å². The zero-order valence-corrected chi connectivity index (χ0v) is 14.2. The van der Waals surface area contributed by atoms with Crippen LogP contribution in [0.2, 0.25) is 0 Å². The van der Waals surface area contributed by atoms with Crippen molar-refractivity contribution >= 4 is 10.9 Å². The number of nitrogens with zero attached hydrogens (tertiary/aromatic N) is 2. The van der Waals surface area contributed by atoms with Gasteiger partial charge in [-0.15, -0.1) is 0 Å². The number of rotatable bonds is 7. The first-order valence-electron chi connectivity index (χ1n) is 8.28. The summed E-state index contributed by atoms with van der Waals surface area (Å²) in [6, 6.07) is 14.7. The molecule has 126 valence electrons. The molecular formula is C20H23FN2O. The van der Waals surface area contributed by atoms with E-state index < -0.39 is 0 Å². The molecule has 0 saturated carbocycles. The molecule has 0 saturated heterocycles. The van der Waals surface area contributed by atoms with Crippen LogP contribution in [-0.4, -0.2) is 36.7 Å². The first kappa shape index (κ1) is 16.5. The smallest absolute Gasteiger partial charge is 0.123 e. The highest BCUT2D eigenvalue weighted by molar-refractivity contribution is 5.83. The third-order valence-electron chi connectivity index (χ3n) is 4.03. The Kier molecular flexibility index (Phi) is 5.16. The summed E-state index contributed by atoms with van der Waals surface area (Å²) in [5, 5.41) is 1.12. The van der Waals surface area contributed by atoms with Crippen LogP contribution in [0.5, 0.6) is 5.75 Å². The van der Waals surface area contributed by atoms with E-state index in [-0.39, 0.29) is 5.82 Å². The minimum absolute atomic E-state index is 0.222. The third kappa shape index (κ3) is 3.95. The number of hydrogen-bond acceptors (Lipinski definition) is 2. The fourth-order valence-electron chi connectivity index (χ4n) is 2.76. The molecule has 0 unspecified atom stereocenters. The van der Waals surface area contributed by atoms with Gasteiger partial charge in [-0.1, -0.05) is 0 Å². The van der Waals surface area contributed by atoms with Crippen molar-refractivity contribution in [2.45, 2.75) is 12.8 Å². The largest absolute Gasteiger partial charge is 0.494 e. The van der Waals surface area contributed by atoms with Crippen LogP contribution in [0, 0.1) is 5.82 Å². The van der Waals surface area contributed by atoms with Crippen molar-refractivity contribution in [3.63, 3.8) is 0 Å².